The van der Waals surface area contributed by atoms with E-state index in [-0.39, 0.29) is 29.1 Å². The van der Waals surface area contributed by atoms with Crippen molar-refractivity contribution in [3.8, 4) is 0 Å². The molecule has 0 bridgehead atoms. The van der Waals surface area contributed by atoms with Crippen molar-refractivity contribution in [1.82, 2.24) is 10.2 Å². The van der Waals surface area contributed by atoms with Crippen LogP contribution >= 0.6 is 11.6 Å². The van der Waals surface area contributed by atoms with Crippen molar-refractivity contribution in [2.24, 2.45) is 0 Å². The lowest BCUT2D eigenvalue weighted by Crippen LogP contribution is -2.52. The summed E-state index contributed by atoms with van der Waals surface area (Å²) in [5, 5.41) is 3.27. The minimum atomic E-state index is -4.12. The molecular weight excluding hydrogens is 522 g/mol. The Labute approximate surface area is 230 Å². The Morgan fingerprint density at radius 2 is 1.61 bits per heavy atom. The lowest BCUT2D eigenvalue weighted by Gasteiger charge is -2.32. The Morgan fingerprint density at radius 3 is 2.24 bits per heavy atom. The first-order chi connectivity index (χ1) is 18.0. The summed E-state index contributed by atoms with van der Waals surface area (Å²) >= 11 is 6.19. The predicted molar refractivity (Wildman–Crippen MR) is 152 cm³/mol. The SMILES string of the molecule is CC[C@@H](C)NC(=O)[C@H](C)N(Cc1ccccc1C)C(=O)CN(c1cccc(Cl)c1)S(=O)(=O)c1ccccc1. The maximum Gasteiger partial charge on any atom is 0.264 e. The minimum Gasteiger partial charge on any atom is -0.352 e. The van der Waals surface area contributed by atoms with Crippen LogP contribution in [0.5, 0.6) is 0 Å². The van der Waals surface area contributed by atoms with Gasteiger partial charge in [0.1, 0.15) is 12.6 Å². The molecule has 202 valence electrons. The predicted octanol–water partition coefficient (Wildman–Crippen LogP) is 5.18. The van der Waals surface area contributed by atoms with Gasteiger partial charge in [-0.3, -0.25) is 13.9 Å². The molecule has 3 rings (SSSR count). The Bertz CT molecular complexity index is 1370. The highest BCUT2D eigenvalue weighted by atomic mass is 35.5. The zero-order valence-corrected chi connectivity index (χ0v) is 23.7. The molecular formula is C29H34ClN3O4S. The van der Waals surface area contributed by atoms with Crippen LogP contribution in [0.25, 0.3) is 0 Å². The highest BCUT2D eigenvalue weighted by Gasteiger charge is 2.33. The van der Waals surface area contributed by atoms with Gasteiger partial charge in [0.2, 0.25) is 11.8 Å². The van der Waals surface area contributed by atoms with Crippen molar-refractivity contribution in [1.29, 1.82) is 0 Å². The number of rotatable bonds is 11. The maximum atomic E-state index is 13.9. The fraction of sp³-hybridized carbons (Fsp3) is 0.310. The van der Waals surface area contributed by atoms with E-state index >= 15 is 0 Å². The van der Waals surface area contributed by atoms with Gasteiger partial charge in [0.15, 0.2) is 0 Å². The number of hydrogen-bond acceptors (Lipinski definition) is 4. The van der Waals surface area contributed by atoms with E-state index in [0.29, 0.717) is 5.02 Å². The fourth-order valence-corrected chi connectivity index (χ4v) is 5.51. The van der Waals surface area contributed by atoms with Gasteiger partial charge in [-0.2, -0.15) is 0 Å². The molecule has 0 heterocycles. The molecule has 0 unspecified atom stereocenters. The van der Waals surface area contributed by atoms with Crippen LogP contribution in [0.4, 0.5) is 5.69 Å². The third-order valence-corrected chi connectivity index (χ3v) is 8.50. The van der Waals surface area contributed by atoms with E-state index < -0.39 is 28.5 Å². The minimum absolute atomic E-state index is 0.0424. The van der Waals surface area contributed by atoms with E-state index in [1.807, 2.05) is 45.0 Å². The summed E-state index contributed by atoms with van der Waals surface area (Å²) in [7, 11) is -4.12. The summed E-state index contributed by atoms with van der Waals surface area (Å²) in [5.74, 6) is -0.818. The molecule has 7 nitrogen and oxygen atoms in total. The summed E-state index contributed by atoms with van der Waals surface area (Å²) < 4.78 is 28.5. The molecule has 9 heteroatoms. The molecule has 0 fully saturated rings. The molecule has 0 aliphatic heterocycles. The first kappa shape index (κ1) is 29.2. The number of nitrogens with zero attached hydrogens (tertiary/aromatic N) is 2. The molecule has 2 atom stereocenters. The largest absolute Gasteiger partial charge is 0.352 e. The number of anilines is 1. The second kappa shape index (κ2) is 12.9. The smallest absolute Gasteiger partial charge is 0.264 e. The lowest BCUT2D eigenvalue weighted by atomic mass is 10.1. The lowest BCUT2D eigenvalue weighted by molar-refractivity contribution is -0.139. The molecule has 0 aromatic heterocycles. The summed E-state index contributed by atoms with van der Waals surface area (Å²) in [6.07, 6.45) is 0.738. The van der Waals surface area contributed by atoms with Crippen molar-refractivity contribution in [3.63, 3.8) is 0 Å². The van der Waals surface area contributed by atoms with Gasteiger partial charge in [-0.1, -0.05) is 67.1 Å². The topological polar surface area (TPSA) is 86.8 Å². The maximum absolute atomic E-state index is 13.9. The molecule has 38 heavy (non-hydrogen) atoms. The zero-order chi connectivity index (χ0) is 27.9. The number of carbonyl (C=O) groups is 2. The molecule has 3 aromatic carbocycles. The highest BCUT2D eigenvalue weighted by molar-refractivity contribution is 7.92. The van der Waals surface area contributed by atoms with Crippen LogP contribution < -0.4 is 9.62 Å². The number of benzene rings is 3. The van der Waals surface area contributed by atoms with Crippen LogP contribution in [0.3, 0.4) is 0 Å². The first-order valence-corrected chi connectivity index (χ1v) is 14.3. The van der Waals surface area contributed by atoms with Gasteiger partial charge in [-0.05, 0) is 68.7 Å². The highest BCUT2D eigenvalue weighted by Crippen LogP contribution is 2.27. The molecule has 2 amide bonds. The summed E-state index contributed by atoms with van der Waals surface area (Å²) in [6.45, 7) is 7.08. The van der Waals surface area contributed by atoms with Crippen molar-refractivity contribution in [3.05, 3.63) is 95.0 Å². The second-order valence-corrected chi connectivity index (χ2v) is 11.5. The van der Waals surface area contributed by atoms with Gasteiger partial charge in [0, 0.05) is 17.6 Å². The van der Waals surface area contributed by atoms with E-state index in [2.05, 4.69) is 5.32 Å². The van der Waals surface area contributed by atoms with Gasteiger partial charge < -0.3 is 10.2 Å². The third kappa shape index (κ3) is 7.14. The van der Waals surface area contributed by atoms with Crippen LogP contribution in [0.1, 0.15) is 38.3 Å². The molecule has 0 spiro atoms. The second-order valence-electron chi connectivity index (χ2n) is 9.25. The van der Waals surface area contributed by atoms with E-state index in [1.165, 1.54) is 23.1 Å². The molecule has 0 aliphatic rings. The Balaban J connectivity index is 2.03. The molecule has 3 aromatic rings. The van der Waals surface area contributed by atoms with E-state index in [4.69, 9.17) is 11.6 Å². The van der Waals surface area contributed by atoms with E-state index in [9.17, 15) is 18.0 Å². The van der Waals surface area contributed by atoms with Gasteiger partial charge in [0.05, 0.1) is 10.6 Å². The van der Waals surface area contributed by atoms with Gasteiger partial charge in [-0.15, -0.1) is 0 Å². The molecule has 0 radical (unpaired) electrons. The first-order valence-electron chi connectivity index (χ1n) is 12.5. The monoisotopic (exact) mass is 555 g/mol. The number of halogens is 1. The van der Waals surface area contributed by atoms with E-state index in [0.717, 1.165) is 21.9 Å². The van der Waals surface area contributed by atoms with Crippen LogP contribution in [0, 0.1) is 6.92 Å². The average molecular weight is 556 g/mol. The quantitative estimate of drug-likeness (QED) is 0.353. The number of nitrogens with one attached hydrogen (secondary N) is 1. The van der Waals surface area contributed by atoms with Crippen molar-refractivity contribution >= 4 is 39.1 Å². The normalized spacial score (nSPS) is 12.9. The Kier molecular flexibility index (Phi) is 9.94. The van der Waals surface area contributed by atoms with Crippen molar-refractivity contribution < 1.29 is 18.0 Å². The molecule has 0 saturated heterocycles. The van der Waals surface area contributed by atoms with Crippen molar-refractivity contribution in [2.75, 3.05) is 10.8 Å². The Hall–Kier alpha value is -3.36. The van der Waals surface area contributed by atoms with E-state index in [1.54, 1.807) is 43.3 Å². The number of sulfonamides is 1. The summed E-state index contributed by atoms with van der Waals surface area (Å²) in [5.41, 5.74) is 2.08. The number of aryl methyl sites for hydroxylation is 1. The molecule has 0 saturated carbocycles. The Morgan fingerprint density at radius 1 is 0.947 bits per heavy atom. The number of amides is 2. The standard InChI is InChI=1S/C29H34ClN3O4S/c1-5-22(3)31-29(35)23(4)32(19-24-13-10-9-12-21(24)2)28(34)20-33(26-15-11-14-25(30)18-26)38(36,37)27-16-7-6-8-17-27/h6-18,22-23H,5,19-20H2,1-4H3,(H,31,35)/t22-,23+/m1/s1. The number of carbonyl (C=O) groups excluding carboxylic acids is 2. The molecule has 0 aliphatic carbocycles. The van der Waals surface area contributed by atoms with Crippen LogP contribution in [-0.2, 0) is 26.2 Å². The van der Waals surface area contributed by atoms with Gasteiger partial charge in [0.25, 0.3) is 10.0 Å². The van der Waals surface area contributed by atoms with Gasteiger partial charge in [-0.25, -0.2) is 8.42 Å². The third-order valence-electron chi connectivity index (χ3n) is 6.48. The van der Waals surface area contributed by atoms with Gasteiger partial charge >= 0.3 is 0 Å². The average Bonchev–Trinajstić information content (AvgIpc) is 2.91. The summed E-state index contributed by atoms with van der Waals surface area (Å²) in [6, 6.07) is 20.9. The number of hydrogen-bond donors (Lipinski definition) is 1. The summed E-state index contributed by atoms with van der Waals surface area (Å²) in [4.78, 5) is 28.5. The van der Waals surface area contributed by atoms with Crippen LogP contribution in [-0.4, -0.2) is 43.8 Å². The van der Waals surface area contributed by atoms with Crippen LogP contribution in [0.2, 0.25) is 5.02 Å². The fourth-order valence-electron chi connectivity index (χ4n) is 3.90. The molecule has 1 N–H and O–H groups in total. The van der Waals surface area contributed by atoms with Crippen molar-refractivity contribution in [2.45, 2.75) is 57.6 Å². The van der Waals surface area contributed by atoms with Crippen LogP contribution in [0.15, 0.2) is 83.8 Å². The zero-order valence-electron chi connectivity index (χ0n) is 22.1.